The number of benzene rings is 1. The predicted molar refractivity (Wildman–Crippen MR) is 50.8 cm³/mol. The van der Waals surface area contributed by atoms with Crippen LogP contribution in [0.3, 0.4) is 0 Å². The van der Waals surface area contributed by atoms with Crippen molar-refractivity contribution in [3.05, 3.63) is 35.4 Å². The maximum absolute atomic E-state index is 11.2. The third kappa shape index (κ3) is 15.2. The van der Waals surface area contributed by atoms with Crippen LogP contribution in [-0.2, 0) is 0 Å². The maximum atomic E-state index is 10.6. The normalized spacial score (nSPS) is 15.1. The van der Waals surface area contributed by atoms with E-state index >= 15 is 0 Å². The van der Waals surface area contributed by atoms with E-state index in [0.717, 1.165) is 5.56 Å². The number of carbonyl (C=O) groups is 1. The van der Waals surface area contributed by atoms with Crippen molar-refractivity contribution in [3.8, 4) is 0 Å². The molecule has 0 radical (unpaired) electrons. The minimum absolute atomic E-state index is 0.125. The van der Waals surface area contributed by atoms with E-state index < -0.39 is 19.5 Å². The number of amides is 1. The van der Waals surface area contributed by atoms with Gasteiger partial charge >= 0.3 is 42.3 Å². The van der Waals surface area contributed by atoms with Gasteiger partial charge in [-0.05, 0) is 19.1 Å². The van der Waals surface area contributed by atoms with E-state index in [4.69, 9.17) is 0 Å². The van der Waals surface area contributed by atoms with E-state index in [1.54, 1.807) is 12.1 Å². The van der Waals surface area contributed by atoms with Crippen LogP contribution in [0.4, 0.5) is 16.9 Å². The first kappa shape index (κ1) is 16.2. The summed E-state index contributed by atoms with van der Waals surface area (Å²) >= 11 is -11.2. The number of rotatable bonds is 1. The summed E-state index contributed by atoms with van der Waals surface area (Å²) in [5.74, 6) is -0.125. The zero-order valence-corrected chi connectivity index (χ0v) is 11.2. The summed E-state index contributed by atoms with van der Waals surface area (Å²) in [6.45, 7) is 1.98. The fourth-order valence-electron chi connectivity index (χ4n) is 0.739. The molecule has 0 aliphatic heterocycles. The second kappa shape index (κ2) is 4.17. The van der Waals surface area contributed by atoms with E-state index in [1.165, 1.54) is 0 Å². The van der Waals surface area contributed by atoms with Gasteiger partial charge in [0.1, 0.15) is 0 Å². The van der Waals surface area contributed by atoms with Gasteiger partial charge in [0.2, 0.25) is 0 Å². The van der Waals surface area contributed by atoms with Gasteiger partial charge in [-0.15, -0.1) is 0 Å². The van der Waals surface area contributed by atoms with E-state index in [2.05, 4.69) is 5.73 Å². The summed E-state index contributed by atoms with van der Waals surface area (Å²) in [5.41, 5.74) is 5.13. The molecular formula is C8H10F6NOSb. The summed E-state index contributed by atoms with van der Waals surface area (Å²) in [5, 5.41) is 0. The molecule has 100 valence electrons. The van der Waals surface area contributed by atoms with Gasteiger partial charge in [0.05, 0.1) is 5.56 Å². The molecule has 0 aliphatic rings. The fourth-order valence-corrected chi connectivity index (χ4v) is 0.739. The summed E-state index contributed by atoms with van der Waals surface area (Å²) < 4.78 is 59.6. The number of halogens is 6. The summed E-state index contributed by atoms with van der Waals surface area (Å²) in [4.78, 5) is 10.6. The number of quaternary nitrogens is 1. The zero-order chi connectivity index (χ0) is 14.0. The fraction of sp³-hybridized carbons (Fsp3) is 0.125. The molecule has 1 aromatic carbocycles. The molecule has 9 heteroatoms. The Morgan fingerprint density at radius 1 is 1.00 bits per heavy atom. The van der Waals surface area contributed by atoms with Crippen LogP contribution in [0.15, 0.2) is 24.3 Å². The third-order valence-electron chi connectivity index (χ3n) is 1.37. The van der Waals surface area contributed by atoms with Gasteiger partial charge in [-0.25, -0.2) is 4.79 Å². The van der Waals surface area contributed by atoms with Gasteiger partial charge in [-0.1, -0.05) is 17.7 Å². The Labute approximate surface area is 95.3 Å². The van der Waals surface area contributed by atoms with E-state index in [-0.39, 0.29) is 5.91 Å². The molecule has 0 spiro atoms. The topological polar surface area (TPSA) is 44.7 Å². The van der Waals surface area contributed by atoms with Gasteiger partial charge in [0.25, 0.3) is 0 Å². The number of carbonyl (C=O) groups excluding carboxylic acids is 1. The van der Waals surface area contributed by atoms with Crippen molar-refractivity contribution in [1.82, 2.24) is 0 Å². The second-order valence-electron chi connectivity index (χ2n) is 3.25. The molecule has 1 aromatic rings. The molecule has 0 heterocycles. The van der Waals surface area contributed by atoms with Gasteiger partial charge in [-0.3, -0.25) is 5.73 Å². The van der Waals surface area contributed by atoms with Gasteiger partial charge < -0.3 is 0 Å². The van der Waals surface area contributed by atoms with Crippen molar-refractivity contribution in [2.45, 2.75) is 6.92 Å². The van der Waals surface area contributed by atoms with Crippen molar-refractivity contribution < 1.29 is 27.4 Å². The van der Waals surface area contributed by atoms with Crippen molar-refractivity contribution in [2.75, 3.05) is 0 Å². The molecule has 0 bridgehead atoms. The third-order valence-corrected chi connectivity index (χ3v) is 1.37. The number of hydrogen-bond acceptors (Lipinski definition) is 1. The first-order valence-electron chi connectivity index (χ1n) is 4.14. The molecule has 0 atom stereocenters. The average Bonchev–Trinajstić information content (AvgIpc) is 1.98. The van der Waals surface area contributed by atoms with E-state index in [1.807, 2.05) is 19.1 Å². The van der Waals surface area contributed by atoms with E-state index in [0.29, 0.717) is 5.56 Å². The Hall–Kier alpha value is -0.752. The number of hydrogen-bond donors (Lipinski definition) is 1. The molecular weight excluding hydrogens is 362 g/mol. The predicted octanol–water partition coefficient (Wildman–Crippen LogP) is 2.52. The Morgan fingerprint density at radius 3 is 1.53 bits per heavy atom. The summed E-state index contributed by atoms with van der Waals surface area (Å²) in [6, 6.07) is 7.37. The SMILES string of the molecule is Cc1ccc(C([NH3+])=O)cc1.[F][Sb-]([F])([F])([F])([F])[F]. The minimum atomic E-state index is -11.2. The van der Waals surface area contributed by atoms with Crippen molar-refractivity contribution >= 4 is 25.4 Å². The van der Waals surface area contributed by atoms with Crippen LogP contribution in [0, 0.1) is 6.92 Å². The van der Waals surface area contributed by atoms with Crippen LogP contribution in [0.25, 0.3) is 0 Å². The standard InChI is InChI=1S/C8H9NO.6FH.Sb/c1-6-2-4-7(5-3-6)8(9)10;;;;;;;/h2-5H,1H3,(H2,9,10);6*1H;/q;;;;;;;+5/p-5. The zero-order valence-electron chi connectivity index (χ0n) is 8.64. The molecule has 0 unspecified atom stereocenters. The molecule has 17 heavy (non-hydrogen) atoms. The molecule has 0 aromatic heterocycles. The van der Waals surface area contributed by atoms with Crippen LogP contribution >= 0.6 is 0 Å². The van der Waals surface area contributed by atoms with Crippen molar-refractivity contribution in [3.63, 3.8) is 0 Å². The van der Waals surface area contributed by atoms with Crippen LogP contribution < -0.4 is 5.73 Å². The van der Waals surface area contributed by atoms with Gasteiger partial charge in [-0.2, -0.15) is 0 Å². The summed E-state index contributed by atoms with van der Waals surface area (Å²) in [6.07, 6.45) is 0. The van der Waals surface area contributed by atoms with Crippen molar-refractivity contribution in [1.29, 1.82) is 0 Å². The Morgan fingerprint density at radius 2 is 1.29 bits per heavy atom. The van der Waals surface area contributed by atoms with E-state index in [9.17, 15) is 21.7 Å². The van der Waals surface area contributed by atoms with Crippen LogP contribution in [0.2, 0.25) is 0 Å². The van der Waals surface area contributed by atoms with Crippen LogP contribution in [0.1, 0.15) is 15.9 Å². The monoisotopic (exact) mass is 371 g/mol. The first-order valence-corrected chi connectivity index (χ1v) is 9.93. The Bertz CT molecular complexity index is 397. The van der Waals surface area contributed by atoms with Crippen LogP contribution in [-0.4, -0.2) is 25.4 Å². The molecule has 0 saturated carbocycles. The molecule has 0 saturated heterocycles. The molecule has 0 aliphatic carbocycles. The second-order valence-corrected chi connectivity index (χ2v) is 8.72. The van der Waals surface area contributed by atoms with Gasteiger partial charge in [0.15, 0.2) is 0 Å². The molecule has 1 amide bonds. The quantitative estimate of drug-likeness (QED) is 0.598. The molecule has 1 rings (SSSR count). The Kier molecular flexibility index (Phi) is 3.98. The van der Waals surface area contributed by atoms with Crippen LogP contribution in [0.5, 0.6) is 0 Å². The van der Waals surface area contributed by atoms with Crippen molar-refractivity contribution in [2.24, 2.45) is 0 Å². The Balaban J connectivity index is 0.000000325. The first-order chi connectivity index (χ1) is 7.15. The molecule has 0 fully saturated rings. The molecule has 3 N–H and O–H groups in total. The number of aryl methyl sites for hydroxylation is 1. The average molecular weight is 372 g/mol. The van der Waals surface area contributed by atoms with Gasteiger partial charge in [0, 0.05) is 0 Å². The molecule has 2 nitrogen and oxygen atoms in total. The summed E-state index contributed by atoms with van der Waals surface area (Å²) in [7, 11) is 0.